The molecule has 3 nitrogen and oxygen atoms in total. The van der Waals surface area contributed by atoms with Crippen LogP contribution in [-0.2, 0) is 4.74 Å². The summed E-state index contributed by atoms with van der Waals surface area (Å²) < 4.78 is 4.99. The average molecular weight is 118 g/mol. The van der Waals surface area contributed by atoms with E-state index in [1.165, 1.54) is 0 Å². The molecule has 0 aromatic carbocycles. The van der Waals surface area contributed by atoms with Crippen LogP contribution in [0.15, 0.2) is 0 Å². The van der Waals surface area contributed by atoms with Crippen LogP contribution in [0.4, 0.5) is 0 Å². The second kappa shape index (κ2) is 2.44. The third-order valence-electron chi connectivity index (χ3n) is 0.490. The summed E-state index contributed by atoms with van der Waals surface area (Å²) >= 11 is 0. The first-order chi connectivity index (χ1) is 3.42. The average Bonchev–Trinajstić information content (AvgIpc) is 1.21. The fourth-order valence-corrected chi connectivity index (χ4v) is 0.408. The van der Waals surface area contributed by atoms with Gasteiger partial charge in [-0.2, -0.15) is 0 Å². The van der Waals surface area contributed by atoms with Crippen LogP contribution in [0.25, 0.3) is 0 Å². The Morgan fingerprint density at radius 2 is 1.62 bits per heavy atom. The number of rotatable bonds is 1. The van der Waals surface area contributed by atoms with E-state index in [0.717, 1.165) is 0 Å². The van der Waals surface area contributed by atoms with Gasteiger partial charge in [-0.3, -0.25) is 11.5 Å². The quantitative estimate of drug-likeness (QED) is 0.476. The molecule has 50 valence electrons. The van der Waals surface area contributed by atoms with E-state index < -0.39 is 6.35 Å². The van der Waals surface area contributed by atoms with Crippen molar-refractivity contribution in [1.82, 2.24) is 0 Å². The third-order valence-corrected chi connectivity index (χ3v) is 0.490. The van der Waals surface area contributed by atoms with Gasteiger partial charge in [-0.15, -0.1) is 0 Å². The van der Waals surface area contributed by atoms with Crippen molar-refractivity contribution in [2.24, 2.45) is 11.5 Å². The van der Waals surface area contributed by atoms with Crippen LogP contribution in [0.5, 0.6) is 0 Å². The van der Waals surface area contributed by atoms with Gasteiger partial charge in [-0.05, 0) is 20.8 Å². The van der Waals surface area contributed by atoms with E-state index in [2.05, 4.69) is 0 Å². The summed E-state index contributed by atoms with van der Waals surface area (Å²) in [6, 6.07) is 0. The molecule has 0 unspecified atom stereocenters. The Morgan fingerprint density at radius 1 is 1.25 bits per heavy atom. The summed E-state index contributed by atoms with van der Waals surface area (Å²) in [6.45, 7) is 5.71. The van der Waals surface area contributed by atoms with Crippen LogP contribution in [-0.4, -0.2) is 12.0 Å². The predicted molar refractivity (Wildman–Crippen MR) is 33.0 cm³/mol. The normalized spacial score (nSPS) is 12.8. The lowest BCUT2D eigenvalue weighted by atomic mass is 10.2. The molecule has 0 heterocycles. The Morgan fingerprint density at radius 3 is 1.62 bits per heavy atom. The number of hydrogen-bond acceptors (Lipinski definition) is 3. The lowest BCUT2D eigenvalue weighted by molar-refractivity contribution is -0.0535. The summed E-state index contributed by atoms with van der Waals surface area (Å²) in [5, 5.41) is 0. The van der Waals surface area contributed by atoms with Crippen LogP contribution < -0.4 is 11.5 Å². The van der Waals surface area contributed by atoms with Gasteiger partial charge >= 0.3 is 0 Å². The van der Waals surface area contributed by atoms with E-state index >= 15 is 0 Å². The molecule has 0 rings (SSSR count). The van der Waals surface area contributed by atoms with E-state index in [1.807, 2.05) is 20.8 Å². The van der Waals surface area contributed by atoms with Crippen molar-refractivity contribution in [2.45, 2.75) is 32.7 Å². The Kier molecular flexibility index (Phi) is 2.40. The largest absolute Gasteiger partial charge is 0.345 e. The van der Waals surface area contributed by atoms with Crippen LogP contribution in [0.3, 0.4) is 0 Å². The van der Waals surface area contributed by atoms with Gasteiger partial charge in [-0.1, -0.05) is 0 Å². The predicted octanol–water partition coefficient (Wildman–Crippen LogP) is 0.00250. The highest BCUT2D eigenvalue weighted by Crippen LogP contribution is 2.05. The Bertz CT molecular complexity index is 65.3. The minimum absolute atomic E-state index is 0.228. The number of ether oxygens (including phenoxy) is 1. The van der Waals surface area contributed by atoms with Crippen molar-refractivity contribution < 1.29 is 4.74 Å². The van der Waals surface area contributed by atoms with Crippen LogP contribution >= 0.6 is 0 Å². The summed E-state index contributed by atoms with van der Waals surface area (Å²) in [5.74, 6) is 0. The summed E-state index contributed by atoms with van der Waals surface area (Å²) in [7, 11) is 0. The lowest BCUT2D eigenvalue weighted by Crippen LogP contribution is -2.40. The van der Waals surface area contributed by atoms with E-state index in [-0.39, 0.29) is 5.60 Å². The summed E-state index contributed by atoms with van der Waals surface area (Å²) in [5.41, 5.74) is 10.0. The van der Waals surface area contributed by atoms with E-state index in [1.54, 1.807) is 0 Å². The molecule has 0 atom stereocenters. The van der Waals surface area contributed by atoms with Gasteiger partial charge in [-0.25, -0.2) is 0 Å². The maximum Gasteiger partial charge on any atom is 0.159 e. The Labute approximate surface area is 50.0 Å². The van der Waals surface area contributed by atoms with Crippen molar-refractivity contribution in [2.75, 3.05) is 0 Å². The molecule has 8 heavy (non-hydrogen) atoms. The molecule has 0 aromatic rings. The standard InChI is InChI=1S/C5H14N2O/c1-5(2,3)8-4(6)7/h4H,6-7H2,1-3H3. The number of hydrogen-bond donors (Lipinski definition) is 2. The van der Waals surface area contributed by atoms with Crippen molar-refractivity contribution in [3.8, 4) is 0 Å². The molecule has 0 saturated heterocycles. The Balaban J connectivity index is 3.39. The van der Waals surface area contributed by atoms with Gasteiger partial charge in [0.05, 0.1) is 5.60 Å². The molecular formula is C5H14N2O. The first-order valence-electron chi connectivity index (χ1n) is 2.61. The minimum atomic E-state index is -0.657. The monoisotopic (exact) mass is 118 g/mol. The topological polar surface area (TPSA) is 61.3 Å². The SMILES string of the molecule is CC(C)(C)OC(N)N. The number of nitrogens with two attached hydrogens (primary N) is 2. The maximum atomic E-state index is 5.13. The van der Waals surface area contributed by atoms with Crippen molar-refractivity contribution in [3.05, 3.63) is 0 Å². The van der Waals surface area contributed by atoms with Gasteiger partial charge in [0.2, 0.25) is 0 Å². The van der Waals surface area contributed by atoms with Gasteiger partial charge < -0.3 is 4.74 Å². The van der Waals surface area contributed by atoms with Crippen molar-refractivity contribution in [3.63, 3.8) is 0 Å². The first kappa shape index (κ1) is 7.88. The molecule has 0 radical (unpaired) electrons. The first-order valence-corrected chi connectivity index (χ1v) is 2.61. The lowest BCUT2D eigenvalue weighted by Gasteiger charge is -2.21. The highest BCUT2D eigenvalue weighted by molar-refractivity contribution is 4.58. The van der Waals surface area contributed by atoms with E-state index in [0.29, 0.717) is 0 Å². The summed E-state index contributed by atoms with van der Waals surface area (Å²) in [6.07, 6.45) is -0.657. The van der Waals surface area contributed by atoms with Crippen molar-refractivity contribution in [1.29, 1.82) is 0 Å². The minimum Gasteiger partial charge on any atom is -0.345 e. The van der Waals surface area contributed by atoms with E-state index in [9.17, 15) is 0 Å². The molecule has 0 bridgehead atoms. The van der Waals surface area contributed by atoms with E-state index in [4.69, 9.17) is 16.2 Å². The highest BCUT2D eigenvalue weighted by atomic mass is 16.5. The smallest absolute Gasteiger partial charge is 0.159 e. The van der Waals surface area contributed by atoms with Gasteiger partial charge in [0.15, 0.2) is 6.35 Å². The van der Waals surface area contributed by atoms with Gasteiger partial charge in [0, 0.05) is 0 Å². The molecule has 3 heteroatoms. The maximum absolute atomic E-state index is 5.13. The van der Waals surface area contributed by atoms with Gasteiger partial charge in [0.1, 0.15) is 0 Å². The summed E-state index contributed by atoms with van der Waals surface area (Å²) in [4.78, 5) is 0. The third kappa shape index (κ3) is 5.88. The molecule has 0 aromatic heterocycles. The molecule has 0 fully saturated rings. The zero-order valence-electron chi connectivity index (χ0n) is 5.64. The molecule has 0 aliphatic rings. The highest BCUT2D eigenvalue weighted by Gasteiger charge is 2.11. The van der Waals surface area contributed by atoms with Crippen molar-refractivity contribution >= 4 is 0 Å². The molecule has 4 N–H and O–H groups in total. The van der Waals surface area contributed by atoms with Gasteiger partial charge in [0.25, 0.3) is 0 Å². The van der Waals surface area contributed by atoms with Crippen LogP contribution in [0.2, 0.25) is 0 Å². The molecule has 0 spiro atoms. The second-order valence-corrected chi connectivity index (χ2v) is 2.69. The molecule has 0 amide bonds. The molecular weight excluding hydrogens is 104 g/mol. The molecule has 0 saturated carbocycles. The molecule has 0 aliphatic carbocycles. The zero-order valence-corrected chi connectivity index (χ0v) is 5.64. The zero-order chi connectivity index (χ0) is 6.78. The fourth-order valence-electron chi connectivity index (χ4n) is 0.408. The molecule has 0 aliphatic heterocycles. The Hall–Kier alpha value is -0.120. The van der Waals surface area contributed by atoms with Crippen LogP contribution in [0.1, 0.15) is 20.8 Å². The van der Waals surface area contributed by atoms with Crippen LogP contribution in [0, 0.1) is 0 Å². The second-order valence-electron chi connectivity index (χ2n) is 2.69. The fraction of sp³-hybridized carbons (Fsp3) is 1.00.